The highest BCUT2D eigenvalue weighted by Crippen LogP contribution is 2.40. The molecule has 0 aromatic heterocycles. The van der Waals surface area contributed by atoms with Crippen molar-refractivity contribution < 1.29 is 9.18 Å². The molecule has 21 heavy (non-hydrogen) atoms. The summed E-state index contributed by atoms with van der Waals surface area (Å²) < 4.78 is 14.0. The lowest BCUT2D eigenvalue weighted by molar-refractivity contribution is 0.0717. The first-order valence-corrected chi connectivity index (χ1v) is 8.08. The van der Waals surface area contributed by atoms with E-state index in [0.29, 0.717) is 18.0 Å². The molecule has 1 saturated carbocycles. The third-order valence-corrected chi connectivity index (χ3v) is 5.34. The molecule has 1 aliphatic carbocycles. The molecule has 3 nitrogen and oxygen atoms in total. The summed E-state index contributed by atoms with van der Waals surface area (Å²) in [5, 5.41) is 3.31. The highest BCUT2D eigenvalue weighted by Gasteiger charge is 2.37. The van der Waals surface area contributed by atoms with Gasteiger partial charge in [0.15, 0.2) is 0 Å². The van der Waals surface area contributed by atoms with E-state index in [1.54, 1.807) is 6.07 Å². The van der Waals surface area contributed by atoms with Crippen molar-refractivity contribution in [3.8, 4) is 0 Å². The minimum absolute atomic E-state index is 0.0254. The Morgan fingerprint density at radius 3 is 2.71 bits per heavy atom. The Morgan fingerprint density at radius 2 is 2.00 bits per heavy atom. The third kappa shape index (κ3) is 2.16. The maximum Gasteiger partial charge on any atom is 0.254 e. The van der Waals surface area contributed by atoms with Crippen molar-refractivity contribution in [2.75, 3.05) is 13.1 Å². The number of nitrogens with zero attached hydrogens (tertiary/aromatic N) is 1. The van der Waals surface area contributed by atoms with Gasteiger partial charge in [-0.1, -0.05) is 12.8 Å². The van der Waals surface area contributed by atoms with Crippen molar-refractivity contribution in [1.29, 1.82) is 0 Å². The molecule has 0 radical (unpaired) electrons. The summed E-state index contributed by atoms with van der Waals surface area (Å²) in [7, 11) is 0. The summed E-state index contributed by atoms with van der Waals surface area (Å²) in [6.07, 6.45) is 5.71. The summed E-state index contributed by atoms with van der Waals surface area (Å²) in [6.45, 7) is 2.50. The average Bonchev–Trinajstić information content (AvgIpc) is 3.19. The Bertz CT molecular complexity index is 574. The van der Waals surface area contributed by atoms with E-state index in [0.717, 1.165) is 43.5 Å². The highest BCUT2D eigenvalue weighted by atomic mass is 19.1. The number of hydrogen-bond acceptors (Lipinski definition) is 2. The molecule has 2 fully saturated rings. The van der Waals surface area contributed by atoms with Gasteiger partial charge in [0.25, 0.3) is 5.91 Å². The Kier molecular flexibility index (Phi) is 3.21. The van der Waals surface area contributed by atoms with Crippen LogP contribution in [0.1, 0.15) is 59.5 Å². The lowest BCUT2D eigenvalue weighted by Gasteiger charge is -2.23. The molecule has 1 amide bonds. The van der Waals surface area contributed by atoms with E-state index in [4.69, 9.17) is 0 Å². The van der Waals surface area contributed by atoms with E-state index >= 15 is 0 Å². The SMILES string of the molecule is O=C1c2cc(F)cc(C3CCCC3)c2CN1C1CCNC1. The molecule has 1 aromatic carbocycles. The summed E-state index contributed by atoms with van der Waals surface area (Å²) in [4.78, 5) is 14.6. The monoisotopic (exact) mass is 288 g/mol. The van der Waals surface area contributed by atoms with Gasteiger partial charge in [0.05, 0.1) is 0 Å². The van der Waals surface area contributed by atoms with Crippen molar-refractivity contribution in [1.82, 2.24) is 10.2 Å². The molecule has 1 aromatic rings. The lowest BCUT2D eigenvalue weighted by atomic mass is 9.91. The molecule has 1 unspecified atom stereocenters. The van der Waals surface area contributed by atoms with E-state index in [1.807, 2.05) is 4.90 Å². The second-order valence-corrected chi connectivity index (χ2v) is 6.58. The van der Waals surface area contributed by atoms with Crippen LogP contribution in [0.4, 0.5) is 4.39 Å². The van der Waals surface area contributed by atoms with Gasteiger partial charge in [-0.3, -0.25) is 4.79 Å². The fourth-order valence-electron chi connectivity index (χ4n) is 4.22. The fourth-order valence-corrected chi connectivity index (χ4v) is 4.22. The second-order valence-electron chi connectivity index (χ2n) is 6.58. The quantitative estimate of drug-likeness (QED) is 0.907. The van der Waals surface area contributed by atoms with Crippen LogP contribution in [0.25, 0.3) is 0 Å². The van der Waals surface area contributed by atoms with Gasteiger partial charge in [-0.2, -0.15) is 0 Å². The van der Waals surface area contributed by atoms with E-state index in [-0.39, 0.29) is 17.8 Å². The zero-order chi connectivity index (χ0) is 14.4. The van der Waals surface area contributed by atoms with E-state index in [2.05, 4.69) is 5.32 Å². The van der Waals surface area contributed by atoms with Crippen LogP contribution >= 0.6 is 0 Å². The Balaban J connectivity index is 1.71. The number of benzene rings is 1. The van der Waals surface area contributed by atoms with Crippen LogP contribution in [0, 0.1) is 5.82 Å². The molecular formula is C17H21FN2O. The first kappa shape index (κ1) is 13.3. The molecule has 2 heterocycles. The van der Waals surface area contributed by atoms with Crippen LogP contribution in [-0.4, -0.2) is 29.9 Å². The van der Waals surface area contributed by atoms with E-state index < -0.39 is 0 Å². The van der Waals surface area contributed by atoms with Gasteiger partial charge in [0.1, 0.15) is 5.82 Å². The number of carbonyl (C=O) groups excluding carboxylic acids is 1. The van der Waals surface area contributed by atoms with Crippen molar-refractivity contribution >= 4 is 5.91 Å². The van der Waals surface area contributed by atoms with Crippen LogP contribution in [-0.2, 0) is 6.54 Å². The third-order valence-electron chi connectivity index (χ3n) is 5.34. The number of fused-ring (bicyclic) bond motifs is 1. The molecule has 4 rings (SSSR count). The number of amides is 1. The normalized spacial score (nSPS) is 25.9. The van der Waals surface area contributed by atoms with Crippen molar-refractivity contribution in [3.05, 3.63) is 34.6 Å². The van der Waals surface area contributed by atoms with E-state index in [1.165, 1.54) is 18.9 Å². The minimum atomic E-state index is -0.254. The van der Waals surface area contributed by atoms with Gasteiger partial charge in [-0.05, 0) is 55.0 Å². The molecule has 112 valence electrons. The molecular weight excluding hydrogens is 267 g/mol. The van der Waals surface area contributed by atoms with Crippen molar-refractivity contribution in [2.24, 2.45) is 0 Å². The largest absolute Gasteiger partial charge is 0.330 e. The predicted octanol–water partition coefficient (Wildman–Crippen LogP) is 2.80. The number of nitrogens with one attached hydrogen (secondary N) is 1. The van der Waals surface area contributed by atoms with Crippen LogP contribution < -0.4 is 5.32 Å². The van der Waals surface area contributed by atoms with E-state index in [9.17, 15) is 9.18 Å². The summed E-state index contributed by atoms with van der Waals surface area (Å²) >= 11 is 0. The van der Waals surface area contributed by atoms with Gasteiger partial charge in [0.2, 0.25) is 0 Å². The molecule has 0 bridgehead atoms. The minimum Gasteiger partial charge on any atom is -0.330 e. The van der Waals surface area contributed by atoms with Gasteiger partial charge >= 0.3 is 0 Å². The van der Waals surface area contributed by atoms with Crippen LogP contribution in [0.15, 0.2) is 12.1 Å². The number of halogens is 1. The van der Waals surface area contributed by atoms with Gasteiger partial charge in [-0.15, -0.1) is 0 Å². The standard InChI is InChI=1S/C17H21FN2O/c18-12-7-14(11-3-1-2-4-11)16-10-20(13-5-6-19-9-13)17(21)15(16)8-12/h7-8,11,13,19H,1-6,9-10H2. The van der Waals surface area contributed by atoms with Crippen molar-refractivity contribution in [2.45, 2.75) is 50.6 Å². The maximum atomic E-state index is 14.0. The molecule has 2 aliphatic heterocycles. The Labute approximate surface area is 124 Å². The first-order chi connectivity index (χ1) is 10.2. The molecule has 0 spiro atoms. The Hall–Kier alpha value is -1.42. The zero-order valence-corrected chi connectivity index (χ0v) is 12.2. The predicted molar refractivity (Wildman–Crippen MR) is 78.8 cm³/mol. The van der Waals surface area contributed by atoms with Crippen LogP contribution in [0.2, 0.25) is 0 Å². The lowest BCUT2D eigenvalue weighted by Crippen LogP contribution is -2.36. The molecule has 1 atom stereocenters. The van der Waals surface area contributed by atoms with Gasteiger partial charge < -0.3 is 10.2 Å². The average molecular weight is 288 g/mol. The second kappa shape index (κ2) is 5.09. The fraction of sp³-hybridized carbons (Fsp3) is 0.588. The highest BCUT2D eigenvalue weighted by molar-refractivity contribution is 5.99. The van der Waals surface area contributed by atoms with Gasteiger partial charge in [0, 0.05) is 24.7 Å². The Morgan fingerprint density at radius 1 is 1.19 bits per heavy atom. The molecule has 3 aliphatic rings. The maximum absolute atomic E-state index is 14.0. The topological polar surface area (TPSA) is 32.3 Å². The summed E-state index contributed by atoms with van der Waals surface area (Å²) in [5.74, 6) is 0.219. The van der Waals surface area contributed by atoms with Crippen molar-refractivity contribution in [3.63, 3.8) is 0 Å². The number of rotatable bonds is 2. The summed E-state index contributed by atoms with van der Waals surface area (Å²) in [5.41, 5.74) is 2.81. The van der Waals surface area contributed by atoms with Crippen LogP contribution in [0.3, 0.4) is 0 Å². The zero-order valence-electron chi connectivity index (χ0n) is 12.2. The first-order valence-electron chi connectivity index (χ1n) is 8.08. The molecule has 4 heteroatoms. The smallest absolute Gasteiger partial charge is 0.254 e. The number of carbonyl (C=O) groups is 1. The molecule has 1 saturated heterocycles. The number of hydrogen-bond donors (Lipinski definition) is 1. The van der Waals surface area contributed by atoms with Crippen LogP contribution in [0.5, 0.6) is 0 Å². The molecule has 1 N–H and O–H groups in total. The van der Waals surface area contributed by atoms with Gasteiger partial charge in [-0.25, -0.2) is 4.39 Å². The summed E-state index contributed by atoms with van der Waals surface area (Å²) in [6, 6.07) is 3.39.